The van der Waals surface area contributed by atoms with E-state index in [2.05, 4.69) is 24.5 Å². The number of carbonyl (C=O) groups is 1. The van der Waals surface area contributed by atoms with E-state index in [0.29, 0.717) is 46.2 Å². The largest absolute Gasteiger partial charge is 0.497 e. The van der Waals surface area contributed by atoms with Crippen LogP contribution in [-0.2, 0) is 6.54 Å². The van der Waals surface area contributed by atoms with E-state index in [9.17, 15) is 4.79 Å². The fourth-order valence-electron chi connectivity index (χ4n) is 3.05. The molecule has 0 aliphatic heterocycles. The van der Waals surface area contributed by atoms with Crippen molar-refractivity contribution >= 4 is 56.3 Å². The average Bonchev–Trinajstić information content (AvgIpc) is 3.13. The zero-order valence-electron chi connectivity index (χ0n) is 19.0. The number of thiocarbonyl (C=S) groups is 1. The molecule has 0 fully saturated rings. The van der Waals surface area contributed by atoms with Crippen molar-refractivity contribution < 1.29 is 19.0 Å². The number of hydrogen-bond donors (Lipinski definition) is 2. The van der Waals surface area contributed by atoms with Crippen LogP contribution in [0.25, 0.3) is 10.1 Å². The smallest absolute Gasteiger partial charge is 0.269 e. The number of methoxy groups -OCH3 is 2. The van der Waals surface area contributed by atoms with E-state index in [-0.39, 0.29) is 11.0 Å². The summed E-state index contributed by atoms with van der Waals surface area (Å²) in [7, 11) is 3.20. The highest BCUT2D eigenvalue weighted by Gasteiger charge is 2.18. The van der Waals surface area contributed by atoms with Gasteiger partial charge in [0.2, 0.25) is 0 Å². The normalized spacial score (nSPS) is 10.8. The molecule has 1 aromatic heterocycles. The van der Waals surface area contributed by atoms with Gasteiger partial charge >= 0.3 is 0 Å². The molecule has 0 saturated carbocycles. The molecule has 2 aromatic carbocycles. The number of ether oxygens (including phenoxy) is 3. The molecule has 3 rings (SSSR count). The SMILES string of the molecule is COc1ccc2c(Cl)c(C(=O)NC(=S)NCc3ccc(OCCC(C)C)c(OC)c3)sc2c1. The molecule has 0 unspecified atom stereocenters. The van der Waals surface area contributed by atoms with Crippen molar-refractivity contribution in [2.45, 2.75) is 26.8 Å². The topological polar surface area (TPSA) is 68.8 Å². The number of halogens is 1. The van der Waals surface area contributed by atoms with Crippen molar-refractivity contribution in [2.24, 2.45) is 5.92 Å². The molecule has 0 spiro atoms. The summed E-state index contributed by atoms with van der Waals surface area (Å²) in [5.41, 5.74) is 0.937. The van der Waals surface area contributed by atoms with Gasteiger partial charge in [0.25, 0.3) is 5.91 Å². The number of hydrogen-bond acceptors (Lipinski definition) is 6. The Kier molecular flexibility index (Phi) is 8.77. The number of fused-ring (bicyclic) bond motifs is 1. The van der Waals surface area contributed by atoms with Gasteiger partial charge in [-0.1, -0.05) is 31.5 Å². The number of benzene rings is 2. The van der Waals surface area contributed by atoms with Gasteiger partial charge in [-0.15, -0.1) is 11.3 Å². The van der Waals surface area contributed by atoms with Gasteiger partial charge in [0.15, 0.2) is 16.6 Å². The average molecular weight is 507 g/mol. The molecule has 0 bridgehead atoms. The first-order valence-corrected chi connectivity index (χ1v) is 12.1. The van der Waals surface area contributed by atoms with Crippen LogP contribution >= 0.6 is 35.2 Å². The summed E-state index contributed by atoms with van der Waals surface area (Å²) in [5, 5.41) is 7.15. The molecule has 6 nitrogen and oxygen atoms in total. The molecule has 2 N–H and O–H groups in total. The molecular formula is C24H27ClN2O4S2. The van der Waals surface area contributed by atoms with Gasteiger partial charge in [0.1, 0.15) is 10.6 Å². The summed E-state index contributed by atoms with van der Waals surface area (Å²) in [6.45, 7) is 5.36. The first-order valence-electron chi connectivity index (χ1n) is 10.5. The van der Waals surface area contributed by atoms with Crippen LogP contribution in [0.2, 0.25) is 5.02 Å². The lowest BCUT2D eigenvalue weighted by Crippen LogP contribution is -2.38. The lowest BCUT2D eigenvalue weighted by atomic mass is 10.1. The molecule has 0 atom stereocenters. The fraction of sp³-hybridized carbons (Fsp3) is 0.333. The van der Waals surface area contributed by atoms with E-state index in [1.165, 1.54) is 11.3 Å². The number of amides is 1. The van der Waals surface area contributed by atoms with E-state index in [0.717, 1.165) is 22.1 Å². The molecule has 0 aliphatic rings. The van der Waals surface area contributed by atoms with Crippen LogP contribution < -0.4 is 24.8 Å². The Balaban J connectivity index is 1.59. The standard InChI is InChI=1S/C24H27ClN2O4S2/c1-14(2)9-10-31-18-8-5-15(11-19(18)30-4)13-26-24(32)27-23(28)22-21(25)17-7-6-16(29-3)12-20(17)33-22/h5-8,11-12,14H,9-10,13H2,1-4H3,(H2,26,27,28,32). The summed E-state index contributed by atoms with van der Waals surface area (Å²) in [6.07, 6.45) is 0.970. The third-order valence-corrected chi connectivity index (χ3v) is 6.81. The highest BCUT2D eigenvalue weighted by atomic mass is 35.5. The minimum Gasteiger partial charge on any atom is -0.497 e. The highest BCUT2D eigenvalue weighted by molar-refractivity contribution is 7.80. The van der Waals surface area contributed by atoms with Gasteiger partial charge in [-0.05, 0) is 60.5 Å². The van der Waals surface area contributed by atoms with Gasteiger partial charge in [-0.2, -0.15) is 0 Å². The van der Waals surface area contributed by atoms with Crippen molar-refractivity contribution in [3.63, 3.8) is 0 Å². The van der Waals surface area contributed by atoms with E-state index in [4.69, 9.17) is 38.0 Å². The third-order valence-electron chi connectivity index (χ3n) is 4.90. The lowest BCUT2D eigenvalue weighted by Gasteiger charge is -2.14. The van der Waals surface area contributed by atoms with Crippen molar-refractivity contribution in [3.8, 4) is 17.2 Å². The Morgan fingerprint density at radius 1 is 1.12 bits per heavy atom. The zero-order chi connectivity index (χ0) is 24.0. The van der Waals surface area contributed by atoms with Crippen molar-refractivity contribution in [1.82, 2.24) is 10.6 Å². The summed E-state index contributed by atoms with van der Waals surface area (Å²) in [4.78, 5) is 13.1. The second-order valence-corrected chi connectivity index (χ2v) is 9.60. The van der Waals surface area contributed by atoms with Crippen LogP contribution in [-0.4, -0.2) is 31.8 Å². The minimum atomic E-state index is -0.357. The molecule has 0 saturated heterocycles. The Labute approximate surface area is 208 Å². The third kappa shape index (κ3) is 6.50. The maximum atomic E-state index is 12.7. The zero-order valence-corrected chi connectivity index (χ0v) is 21.4. The molecule has 33 heavy (non-hydrogen) atoms. The van der Waals surface area contributed by atoms with E-state index in [1.807, 2.05) is 36.4 Å². The van der Waals surface area contributed by atoms with Gasteiger partial charge in [-0.25, -0.2) is 0 Å². The summed E-state index contributed by atoms with van der Waals surface area (Å²) >= 11 is 13.0. The van der Waals surface area contributed by atoms with E-state index < -0.39 is 0 Å². The first kappa shape index (κ1) is 25.1. The van der Waals surface area contributed by atoms with E-state index in [1.54, 1.807) is 14.2 Å². The second kappa shape index (κ2) is 11.5. The number of rotatable bonds is 9. The Morgan fingerprint density at radius 2 is 1.91 bits per heavy atom. The summed E-state index contributed by atoms with van der Waals surface area (Å²) < 4.78 is 17.4. The van der Waals surface area contributed by atoms with Crippen LogP contribution in [0.1, 0.15) is 35.5 Å². The van der Waals surface area contributed by atoms with Crippen LogP contribution in [0.15, 0.2) is 36.4 Å². The summed E-state index contributed by atoms with van der Waals surface area (Å²) in [6, 6.07) is 11.2. The maximum Gasteiger partial charge on any atom is 0.269 e. The van der Waals surface area contributed by atoms with Gasteiger partial charge in [0, 0.05) is 16.6 Å². The van der Waals surface area contributed by atoms with E-state index >= 15 is 0 Å². The van der Waals surface area contributed by atoms with Crippen molar-refractivity contribution in [3.05, 3.63) is 51.9 Å². The Hall–Kier alpha value is -2.55. The van der Waals surface area contributed by atoms with Gasteiger partial charge in [0.05, 0.1) is 25.8 Å². The number of nitrogens with one attached hydrogen (secondary N) is 2. The monoisotopic (exact) mass is 506 g/mol. The van der Waals surface area contributed by atoms with Gasteiger partial charge < -0.3 is 19.5 Å². The Bertz CT molecular complexity index is 1150. The predicted octanol–water partition coefficient (Wildman–Crippen LogP) is 5.80. The predicted molar refractivity (Wildman–Crippen MR) is 138 cm³/mol. The Morgan fingerprint density at radius 3 is 2.61 bits per heavy atom. The minimum absolute atomic E-state index is 0.210. The molecule has 176 valence electrons. The second-order valence-electron chi connectivity index (χ2n) is 7.76. The molecule has 0 aliphatic carbocycles. The van der Waals surface area contributed by atoms with Crippen LogP contribution in [0, 0.1) is 5.92 Å². The number of carbonyl (C=O) groups excluding carboxylic acids is 1. The quantitative estimate of drug-likeness (QED) is 0.357. The molecular weight excluding hydrogens is 480 g/mol. The maximum absolute atomic E-state index is 12.7. The van der Waals surface area contributed by atoms with Crippen LogP contribution in [0.4, 0.5) is 0 Å². The molecule has 3 aromatic rings. The van der Waals surface area contributed by atoms with Crippen molar-refractivity contribution in [1.29, 1.82) is 0 Å². The fourth-order valence-corrected chi connectivity index (χ4v) is 4.66. The molecule has 0 radical (unpaired) electrons. The highest BCUT2D eigenvalue weighted by Crippen LogP contribution is 2.37. The van der Waals surface area contributed by atoms with Crippen molar-refractivity contribution in [2.75, 3.05) is 20.8 Å². The van der Waals surface area contributed by atoms with Gasteiger partial charge in [-0.3, -0.25) is 10.1 Å². The lowest BCUT2D eigenvalue weighted by molar-refractivity contribution is 0.0980. The summed E-state index contributed by atoms with van der Waals surface area (Å²) in [5.74, 6) is 2.27. The molecule has 1 amide bonds. The molecule has 1 heterocycles. The molecule has 9 heteroatoms. The number of thiophene rings is 1. The van der Waals surface area contributed by atoms with Crippen LogP contribution in [0.3, 0.4) is 0 Å². The van der Waals surface area contributed by atoms with Crippen LogP contribution in [0.5, 0.6) is 17.2 Å². The first-order chi connectivity index (χ1) is 15.8.